The average molecular weight is 430 g/mol. The molecular weight excluding hydrogens is 399 g/mol. The van der Waals surface area contributed by atoms with Gasteiger partial charge in [-0.3, -0.25) is 4.99 Å². The summed E-state index contributed by atoms with van der Waals surface area (Å²) in [6.45, 7) is 10.9. The number of hydrogen-bond donors (Lipinski definition) is 2. The Morgan fingerprint density at radius 1 is 1.26 bits per heavy atom. The van der Waals surface area contributed by atoms with Crippen LogP contribution in [0.25, 0.3) is 0 Å². The number of rotatable bonds is 5. The topological polar surface area (TPSA) is 53.6 Å². The summed E-state index contributed by atoms with van der Waals surface area (Å²) < 4.78 is 0. The summed E-state index contributed by atoms with van der Waals surface area (Å²) in [5, 5.41) is 3.20. The molecule has 1 heterocycles. The average Bonchev–Trinajstić information content (AvgIpc) is 2.51. The van der Waals surface area contributed by atoms with Crippen molar-refractivity contribution in [2.75, 3.05) is 31.5 Å². The van der Waals surface area contributed by atoms with Crippen LogP contribution in [0.3, 0.4) is 0 Å². The van der Waals surface area contributed by atoms with Crippen molar-refractivity contribution in [3.63, 3.8) is 0 Å². The fourth-order valence-electron chi connectivity index (χ4n) is 2.94. The van der Waals surface area contributed by atoms with Crippen LogP contribution in [0.15, 0.2) is 23.2 Å². The van der Waals surface area contributed by atoms with Gasteiger partial charge in [0.2, 0.25) is 0 Å². The van der Waals surface area contributed by atoms with Gasteiger partial charge in [-0.1, -0.05) is 13.0 Å². The Kier molecular flexibility index (Phi) is 8.91. The van der Waals surface area contributed by atoms with Gasteiger partial charge in [0.05, 0.1) is 0 Å². The van der Waals surface area contributed by atoms with Crippen LogP contribution in [0.4, 0.5) is 5.69 Å². The van der Waals surface area contributed by atoms with Crippen molar-refractivity contribution in [1.82, 2.24) is 4.90 Å². The van der Waals surface area contributed by atoms with Crippen molar-refractivity contribution < 1.29 is 0 Å². The minimum Gasteiger partial charge on any atom is -0.370 e. The number of likely N-dealkylation sites (tertiary alicyclic amines) is 1. The zero-order valence-corrected chi connectivity index (χ0v) is 17.0. The van der Waals surface area contributed by atoms with Gasteiger partial charge in [0.15, 0.2) is 5.96 Å². The van der Waals surface area contributed by atoms with Gasteiger partial charge in [-0.25, -0.2) is 0 Å². The summed E-state index contributed by atoms with van der Waals surface area (Å²) in [6, 6.07) is 6.27. The number of aliphatic imine (C=N–C) groups is 1. The summed E-state index contributed by atoms with van der Waals surface area (Å²) in [5.41, 5.74) is 9.59. The Morgan fingerprint density at radius 2 is 1.96 bits per heavy atom. The predicted octanol–water partition coefficient (Wildman–Crippen LogP) is 3.77. The van der Waals surface area contributed by atoms with E-state index in [0.29, 0.717) is 11.9 Å². The molecule has 1 aromatic carbocycles. The third kappa shape index (κ3) is 6.67. The molecule has 0 spiro atoms. The number of nitrogens with zero attached hydrogens (tertiary/aromatic N) is 2. The maximum absolute atomic E-state index is 6.01. The molecule has 0 aromatic heterocycles. The second-order valence-electron chi connectivity index (χ2n) is 6.43. The van der Waals surface area contributed by atoms with Crippen molar-refractivity contribution in [2.24, 2.45) is 16.6 Å². The van der Waals surface area contributed by atoms with Crippen molar-refractivity contribution >= 4 is 35.6 Å². The zero-order valence-electron chi connectivity index (χ0n) is 14.6. The Bertz CT molecular complexity index is 508. The lowest BCUT2D eigenvalue weighted by molar-refractivity contribution is 0.188. The molecule has 1 fully saturated rings. The number of anilines is 1. The SMILES string of the molecule is CCCN1CCC(CN=C(N)Nc2ccc(C)c(C)c2)CC1.I. The lowest BCUT2D eigenvalue weighted by atomic mass is 9.97. The second kappa shape index (κ2) is 10.1. The molecule has 2 rings (SSSR count). The number of nitrogens with one attached hydrogen (secondary N) is 1. The standard InChI is InChI=1S/C18H30N4.HI/c1-4-9-22-10-7-16(8-11-22)13-20-18(19)21-17-6-5-14(2)15(3)12-17;/h5-6,12,16H,4,7-11,13H2,1-3H3,(H3,19,20,21);1H. The molecule has 4 nitrogen and oxygen atoms in total. The number of halogens is 1. The van der Waals surface area contributed by atoms with E-state index in [0.717, 1.165) is 12.2 Å². The number of nitrogens with two attached hydrogens (primary N) is 1. The highest BCUT2D eigenvalue weighted by Crippen LogP contribution is 2.18. The largest absolute Gasteiger partial charge is 0.370 e. The van der Waals surface area contributed by atoms with Crippen LogP contribution in [-0.2, 0) is 0 Å². The van der Waals surface area contributed by atoms with E-state index in [9.17, 15) is 0 Å². The van der Waals surface area contributed by atoms with Gasteiger partial charge >= 0.3 is 0 Å². The third-order valence-corrected chi connectivity index (χ3v) is 4.55. The molecule has 0 saturated carbocycles. The quantitative estimate of drug-likeness (QED) is 0.425. The van der Waals surface area contributed by atoms with Crippen LogP contribution < -0.4 is 11.1 Å². The van der Waals surface area contributed by atoms with Crippen LogP contribution in [0.1, 0.15) is 37.3 Å². The van der Waals surface area contributed by atoms with Crippen molar-refractivity contribution in [3.8, 4) is 0 Å². The number of guanidine groups is 1. The Labute approximate surface area is 157 Å². The highest BCUT2D eigenvalue weighted by atomic mass is 127. The molecule has 1 aliphatic heterocycles. The maximum Gasteiger partial charge on any atom is 0.193 e. The molecule has 0 bridgehead atoms. The lowest BCUT2D eigenvalue weighted by Crippen LogP contribution is -2.35. The Hall–Kier alpha value is -0.820. The fraction of sp³-hybridized carbons (Fsp3) is 0.611. The Morgan fingerprint density at radius 3 is 2.57 bits per heavy atom. The molecule has 0 atom stereocenters. The number of benzene rings is 1. The van der Waals surface area contributed by atoms with Gasteiger partial charge < -0.3 is 16.0 Å². The van der Waals surface area contributed by atoms with E-state index in [1.165, 1.54) is 50.0 Å². The van der Waals surface area contributed by atoms with Crippen LogP contribution in [0, 0.1) is 19.8 Å². The second-order valence-corrected chi connectivity index (χ2v) is 6.43. The van der Waals surface area contributed by atoms with E-state index in [1.54, 1.807) is 0 Å². The van der Waals surface area contributed by atoms with Crippen LogP contribution >= 0.6 is 24.0 Å². The first kappa shape index (κ1) is 20.2. The molecule has 3 N–H and O–H groups in total. The minimum absolute atomic E-state index is 0. The normalized spacial score (nSPS) is 16.9. The van der Waals surface area contributed by atoms with Crippen LogP contribution in [0.2, 0.25) is 0 Å². The number of aryl methyl sites for hydroxylation is 2. The molecule has 5 heteroatoms. The fourth-order valence-corrected chi connectivity index (χ4v) is 2.94. The molecule has 0 unspecified atom stereocenters. The zero-order chi connectivity index (χ0) is 15.9. The summed E-state index contributed by atoms with van der Waals surface area (Å²) in [7, 11) is 0. The van der Waals surface area contributed by atoms with Crippen molar-refractivity contribution in [1.29, 1.82) is 0 Å². The van der Waals surface area contributed by atoms with Gasteiger partial charge in [-0.05, 0) is 81.9 Å². The summed E-state index contributed by atoms with van der Waals surface area (Å²) in [4.78, 5) is 7.08. The molecule has 1 saturated heterocycles. The third-order valence-electron chi connectivity index (χ3n) is 4.55. The van der Waals surface area contributed by atoms with Gasteiger partial charge in [0, 0.05) is 12.2 Å². The van der Waals surface area contributed by atoms with E-state index in [2.05, 4.69) is 48.1 Å². The molecule has 0 aliphatic carbocycles. The first-order valence-electron chi connectivity index (χ1n) is 8.45. The van der Waals surface area contributed by atoms with Crippen LogP contribution in [0.5, 0.6) is 0 Å². The monoisotopic (exact) mass is 430 g/mol. The molecule has 1 aromatic rings. The number of hydrogen-bond acceptors (Lipinski definition) is 2. The van der Waals surface area contributed by atoms with Crippen LogP contribution in [-0.4, -0.2) is 37.0 Å². The molecule has 130 valence electrons. The lowest BCUT2D eigenvalue weighted by Gasteiger charge is -2.30. The molecule has 0 amide bonds. The van der Waals surface area contributed by atoms with E-state index in [1.807, 2.05) is 6.07 Å². The van der Waals surface area contributed by atoms with E-state index in [-0.39, 0.29) is 24.0 Å². The van der Waals surface area contributed by atoms with Gasteiger partial charge in [0.1, 0.15) is 0 Å². The summed E-state index contributed by atoms with van der Waals surface area (Å²) >= 11 is 0. The Balaban J connectivity index is 0.00000264. The van der Waals surface area contributed by atoms with Gasteiger partial charge in [-0.15, -0.1) is 24.0 Å². The van der Waals surface area contributed by atoms with Gasteiger partial charge in [-0.2, -0.15) is 0 Å². The van der Waals surface area contributed by atoms with E-state index >= 15 is 0 Å². The highest BCUT2D eigenvalue weighted by Gasteiger charge is 2.18. The van der Waals surface area contributed by atoms with Crippen molar-refractivity contribution in [2.45, 2.75) is 40.0 Å². The summed E-state index contributed by atoms with van der Waals surface area (Å²) in [6.07, 6.45) is 3.72. The minimum atomic E-state index is 0. The number of piperidine rings is 1. The molecule has 23 heavy (non-hydrogen) atoms. The first-order valence-corrected chi connectivity index (χ1v) is 8.45. The molecule has 0 radical (unpaired) electrons. The predicted molar refractivity (Wildman–Crippen MR) is 111 cm³/mol. The summed E-state index contributed by atoms with van der Waals surface area (Å²) in [5.74, 6) is 1.20. The molecule has 1 aliphatic rings. The molecular formula is C18H31IN4. The van der Waals surface area contributed by atoms with Gasteiger partial charge in [0.25, 0.3) is 0 Å². The smallest absolute Gasteiger partial charge is 0.193 e. The van der Waals surface area contributed by atoms with E-state index < -0.39 is 0 Å². The first-order chi connectivity index (χ1) is 10.6. The maximum atomic E-state index is 6.01. The van der Waals surface area contributed by atoms with Crippen molar-refractivity contribution in [3.05, 3.63) is 29.3 Å². The van der Waals surface area contributed by atoms with E-state index in [4.69, 9.17) is 5.73 Å². The highest BCUT2D eigenvalue weighted by molar-refractivity contribution is 14.0.